The first-order chi connectivity index (χ1) is 15.9. The van der Waals surface area contributed by atoms with Crippen LogP contribution >= 0.6 is 11.8 Å². The molecule has 1 aromatic heterocycles. The predicted octanol–water partition coefficient (Wildman–Crippen LogP) is 8.21. The molecule has 34 heavy (non-hydrogen) atoms. The van der Waals surface area contributed by atoms with Gasteiger partial charge in [0.15, 0.2) is 0 Å². The Hall–Kier alpha value is -2.72. The van der Waals surface area contributed by atoms with Gasteiger partial charge in [-0.15, -0.1) is 0 Å². The molecule has 0 unspecified atom stereocenters. The summed E-state index contributed by atoms with van der Waals surface area (Å²) in [7, 11) is 2.07. The van der Waals surface area contributed by atoms with Crippen LogP contribution in [0.25, 0.3) is 11.0 Å². The lowest BCUT2D eigenvalue weighted by molar-refractivity contribution is 0.292. The molecule has 4 rings (SSSR count). The van der Waals surface area contributed by atoms with E-state index in [4.69, 9.17) is 9.72 Å². The highest BCUT2D eigenvalue weighted by molar-refractivity contribution is 7.99. The molecule has 0 atom stereocenters. The van der Waals surface area contributed by atoms with Crippen LogP contribution < -0.4 is 4.74 Å². The van der Waals surface area contributed by atoms with E-state index in [1.165, 1.54) is 26.5 Å². The monoisotopic (exact) mass is 472 g/mol. The molecule has 3 aromatic carbocycles. The second-order valence-electron chi connectivity index (χ2n) is 11.2. The maximum atomic E-state index is 5.98. The van der Waals surface area contributed by atoms with Gasteiger partial charge in [-0.3, -0.25) is 0 Å². The number of imidazole rings is 1. The summed E-state index contributed by atoms with van der Waals surface area (Å²) in [5.74, 6) is 1.78. The molecule has 3 nitrogen and oxygen atoms in total. The van der Waals surface area contributed by atoms with Gasteiger partial charge in [0.05, 0.1) is 11.0 Å². The van der Waals surface area contributed by atoms with Crippen LogP contribution in [0.1, 0.15) is 64.1 Å². The highest BCUT2D eigenvalue weighted by Crippen LogP contribution is 2.37. The van der Waals surface area contributed by atoms with Gasteiger partial charge < -0.3 is 9.30 Å². The van der Waals surface area contributed by atoms with E-state index < -0.39 is 0 Å². The van der Waals surface area contributed by atoms with E-state index in [1.807, 2.05) is 23.9 Å². The SMILES string of the molecule is Cc1ccc(OCc2nc3ccc(Sc4cc(C(C)(C)C)cc(C(C)(C)C)c4)cc3n2C)cc1. The Labute approximate surface area is 208 Å². The van der Waals surface area contributed by atoms with Crippen LogP contribution in [-0.4, -0.2) is 9.55 Å². The first kappa shape index (κ1) is 24.4. The van der Waals surface area contributed by atoms with Gasteiger partial charge in [0.1, 0.15) is 18.2 Å². The molecule has 0 spiro atoms. The largest absolute Gasteiger partial charge is 0.486 e. The minimum absolute atomic E-state index is 0.106. The number of hydrogen-bond acceptors (Lipinski definition) is 3. The van der Waals surface area contributed by atoms with Gasteiger partial charge in [-0.25, -0.2) is 4.98 Å². The van der Waals surface area contributed by atoms with E-state index in [1.54, 1.807) is 0 Å². The van der Waals surface area contributed by atoms with Gasteiger partial charge in [0.2, 0.25) is 0 Å². The Morgan fingerprint density at radius 3 is 2.00 bits per heavy atom. The fourth-order valence-electron chi connectivity index (χ4n) is 3.85. The second-order valence-corrected chi connectivity index (χ2v) is 12.3. The lowest BCUT2D eigenvalue weighted by Gasteiger charge is -2.26. The number of aromatic nitrogens is 2. The highest BCUT2D eigenvalue weighted by Gasteiger charge is 2.21. The Kier molecular flexibility index (Phi) is 6.56. The Bertz CT molecular complexity index is 1270. The summed E-state index contributed by atoms with van der Waals surface area (Å²) in [6.45, 7) is 16.2. The van der Waals surface area contributed by atoms with Gasteiger partial charge in [0.25, 0.3) is 0 Å². The molecule has 0 aliphatic rings. The summed E-state index contributed by atoms with van der Waals surface area (Å²) >= 11 is 1.82. The van der Waals surface area contributed by atoms with E-state index in [2.05, 4.69) is 109 Å². The van der Waals surface area contributed by atoms with Gasteiger partial charge in [-0.2, -0.15) is 0 Å². The van der Waals surface area contributed by atoms with Gasteiger partial charge in [0, 0.05) is 16.8 Å². The summed E-state index contributed by atoms with van der Waals surface area (Å²) in [4.78, 5) is 7.31. The normalized spacial score (nSPS) is 12.4. The number of nitrogens with zero attached hydrogens (tertiary/aromatic N) is 2. The van der Waals surface area contributed by atoms with Crippen molar-refractivity contribution in [1.29, 1.82) is 0 Å². The average molecular weight is 473 g/mol. The van der Waals surface area contributed by atoms with Crippen LogP contribution in [0.2, 0.25) is 0 Å². The lowest BCUT2D eigenvalue weighted by Crippen LogP contribution is -2.16. The van der Waals surface area contributed by atoms with E-state index in [0.717, 1.165) is 22.6 Å². The van der Waals surface area contributed by atoms with Crippen molar-refractivity contribution >= 4 is 22.8 Å². The standard InChI is InChI=1S/C30H36N2OS/c1-20-9-11-23(12-10-20)33-19-28-31-26-14-13-24(18-27(26)32(28)8)34-25-16-21(29(2,3)4)15-22(17-25)30(5,6)7/h9-18H,19H2,1-8H3. The molecule has 0 fully saturated rings. The number of rotatable bonds is 5. The number of aryl methyl sites for hydroxylation is 2. The third-order valence-corrected chi connectivity index (χ3v) is 7.17. The molecule has 0 amide bonds. The lowest BCUT2D eigenvalue weighted by atomic mass is 9.81. The number of hydrogen-bond donors (Lipinski definition) is 0. The smallest absolute Gasteiger partial charge is 0.147 e. The number of fused-ring (bicyclic) bond motifs is 1. The second kappa shape index (κ2) is 9.14. The van der Waals surface area contributed by atoms with Crippen molar-refractivity contribution < 1.29 is 4.74 Å². The first-order valence-corrected chi connectivity index (χ1v) is 12.7. The third kappa shape index (κ3) is 5.50. The van der Waals surface area contributed by atoms with Crippen molar-refractivity contribution in [1.82, 2.24) is 9.55 Å². The zero-order valence-corrected chi connectivity index (χ0v) is 22.5. The van der Waals surface area contributed by atoms with Crippen LogP contribution in [0.15, 0.2) is 70.5 Å². The van der Waals surface area contributed by atoms with Crippen molar-refractivity contribution in [3.63, 3.8) is 0 Å². The van der Waals surface area contributed by atoms with Crippen molar-refractivity contribution in [3.8, 4) is 5.75 Å². The van der Waals surface area contributed by atoms with E-state index >= 15 is 0 Å². The summed E-state index contributed by atoms with van der Waals surface area (Å²) in [6.07, 6.45) is 0. The van der Waals surface area contributed by atoms with Gasteiger partial charge in [-0.05, 0) is 71.3 Å². The topological polar surface area (TPSA) is 27.1 Å². The Balaban J connectivity index is 1.61. The van der Waals surface area contributed by atoms with Crippen LogP contribution in [0, 0.1) is 6.92 Å². The summed E-state index contributed by atoms with van der Waals surface area (Å²) in [5.41, 5.74) is 6.30. The molecule has 4 aromatic rings. The Morgan fingerprint density at radius 1 is 0.794 bits per heavy atom. The molecule has 4 heteroatoms. The van der Waals surface area contributed by atoms with Gasteiger partial charge in [-0.1, -0.05) is 77.1 Å². The summed E-state index contributed by atoms with van der Waals surface area (Å²) in [5, 5.41) is 0. The first-order valence-electron chi connectivity index (χ1n) is 11.9. The molecule has 178 valence electrons. The minimum atomic E-state index is 0.106. The number of ether oxygens (including phenoxy) is 1. The average Bonchev–Trinajstić information content (AvgIpc) is 3.07. The molecule has 0 aliphatic carbocycles. The maximum Gasteiger partial charge on any atom is 0.147 e. The third-order valence-electron chi connectivity index (χ3n) is 6.21. The zero-order valence-electron chi connectivity index (χ0n) is 21.7. The van der Waals surface area contributed by atoms with Crippen LogP contribution in [0.4, 0.5) is 0 Å². The molecular weight excluding hydrogens is 436 g/mol. The quantitative estimate of drug-likeness (QED) is 0.293. The Morgan fingerprint density at radius 2 is 1.41 bits per heavy atom. The van der Waals surface area contributed by atoms with Crippen molar-refractivity contribution in [2.24, 2.45) is 7.05 Å². The molecule has 0 N–H and O–H groups in total. The van der Waals surface area contributed by atoms with Crippen LogP contribution in [-0.2, 0) is 24.5 Å². The number of benzene rings is 3. The zero-order chi connectivity index (χ0) is 24.7. The van der Waals surface area contributed by atoms with Crippen molar-refractivity contribution in [2.75, 3.05) is 0 Å². The molecular formula is C30H36N2OS. The van der Waals surface area contributed by atoms with Crippen molar-refractivity contribution in [3.05, 3.63) is 83.2 Å². The fourth-order valence-corrected chi connectivity index (χ4v) is 4.81. The molecule has 0 saturated heterocycles. The fraction of sp³-hybridized carbons (Fsp3) is 0.367. The molecule has 0 saturated carbocycles. The molecule has 0 aliphatic heterocycles. The summed E-state index contributed by atoms with van der Waals surface area (Å²) in [6, 6.07) is 21.7. The molecule has 0 bridgehead atoms. The van der Waals surface area contributed by atoms with E-state index in [-0.39, 0.29) is 10.8 Å². The minimum Gasteiger partial charge on any atom is -0.486 e. The highest BCUT2D eigenvalue weighted by atomic mass is 32.2. The molecule has 0 radical (unpaired) electrons. The van der Waals surface area contributed by atoms with Gasteiger partial charge >= 0.3 is 0 Å². The van der Waals surface area contributed by atoms with E-state index in [0.29, 0.717) is 6.61 Å². The molecule has 1 heterocycles. The van der Waals surface area contributed by atoms with Crippen molar-refractivity contribution in [2.45, 2.75) is 75.7 Å². The van der Waals surface area contributed by atoms with Crippen LogP contribution in [0.3, 0.4) is 0 Å². The maximum absolute atomic E-state index is 5.98. The van der Waals surface area contributed by atoms with E-state index in [9.17, 15) is 0 Å². The predicted molar refractivity (Wildman–Crippen MR) is 144 cm³/mol. The summed E-state index contributed by atoms with van der Waals surface area (Å²) < 4.78 is 8.12. The van der Waals surface area contributed by atoms with Crippen LogP contribution in [0.5, 0.6) is 5.75 Å².